The molecule has 14 nitrogen and oxygen atoms in total. The number of ether oxygens (including phenoxy) is 1. The second-order valence-corrected chi connectivity index (χ2v) is 18.1. The highest BCUT2D eigenvalue weighted by molar-refractivity contribution is 6.06. The van der Waals surface area contributed by atoms with Crippen LogP contribution in [0.5, 0.6) is 0 Å². The number of rotatable bonds is 11. The Labute approximate surface area is 376 Å². The minimum absolute atomic E-state index is 0.117. The molecule has 2 fully saturated rings. The number of methoxy groups -OCH3 is 1. The van der Waals surface area contributed by atoms with E-state index < -0.39 is 29.7 Å². The van der Waals surface area contributed by atoms with Crippen LogP contribution in [-0.4, -0.2) is 90.5 Å². The van der Waals surface area contributed by atoms with Gasteiger partial charge < -0.3 is 40.2 Å². The third kappa shape index (κ3) is 8.53. The highest BCUT2D eigenvalue weighted by atomic mass is 16.5. The highest BCUT2D eigenvalue weighted by Gasteiger charge is 2.40. The van der Waals surface area contributed by atoms with E-state index >= 15 is 0 Å². The van der Waals surface area contributed by atoms with E-state index in [1.807, 2.05) is 49.2 Å². The quantitative estimate of drug-likeness (QED) is 0.0860. The maximum Gasteiger partial charge on any atom is 0.407 e. The Balaban J connectivity index is 0.922. The van der Waals surface area contributed by atoms with Crippen molar-refractivity contribution in [2.75, 3.05) is 20.2 Å². The van der Waals surface area contributed by atoms with Gasteiger partial charge in [-0.05, 0) is 103 Å². The number of nitrogens with one attached hydrogen (secondary N) is 4. The second-order valence-electron chi connectivity index (χ2n) is 18.1. The van der Waals surface area contributed by atoms with Crippen LogP contribution in [0.4, 0.5) is 4.79 Å². The summed E-state index contributed by atoms with van der Waals surface area (Å²) in [5.74, 6) is 0.287. The lowest BCUT2D eigenvalue weighted by molar-refractivity contribution is -0.143. The van der Waals surface area contributed by atoms with Gasteiger partial charge in [0.25, 0.3) is 5.91 Å². The summed E-state index contributed by atoms with van der Waals surface area (Å²) in [6.07, 6.45) is 4.31. The predicted molar refractivity (Wildman–Crippen MR) is 249 cm³/mol. The maximum absolute atomic E-state index is 14.2. The minimum atomic E-state index is -1.65. The lowest BCUT2D eigenvalue weighted by atomic mass is 9.97. The molecule has 5 N–H and O–H groups in total. The number of fused-ring (bicyclic) bond motifs is 4. The Bertz CT molecular complexity index is 2940. The number of aromatic amines is 2. The molecule has 65 heavy (non-hydrogen) atoms. The van der Waals surface area contributed by atoms with Crippen molar-refractivity contribution < 1.29 is 29.0 Å². The normalized spacial score (nSPS) is 17.5. The van der Waals surface area contributed by atoms with Crippen molar-refractivity contribution in [1.29, 1.82) is 0 Å². The van der Waals surface area contributed by atoms with Crippen LogP contribution in [0.2, 0.25) is 0 Å². The van der Waals surface area contributed by atoms with Crippen molar-refractivity contribution in [2.45, 2.75) is 83.1 Å². The number of aromatic nitrogens is 4. The first-order chi connectivity index (χ1) is 31.3. The number of alkyl carbamates (subject to hydrolysis) is 1. The van der Waals surface area contributed by atoms with Crippen LogP contribution in [0.25, 0.3) is 55.0 Å². The van der Waals surface area contributed by atoms with Crippen LogP contribution in [-0.2, 0) is 19.1 Å². The molecule has 4 amide bonds. The Morgan fingerprint density at radius 2 is 1.37 bits per heavy atom. The average molecular weight is 875 g/mol. The first-order valence-electron chi connectivity index (χ1n) is 22.3. The molecule has 1 unspecified atom stereocenters. The van der Waals surface area contributed by atoms with Crippen LogP contribution in [0.15, 0.2) is 103 Å². The lowest BCUT2D eigenvalue weighted by Gasteiger charge is -2.30. The molecule has 0 aliphatic carbocycles. The summed E-state index contributed by atoms with van der Waals surface area (Å²) in [4.78, 5) is 73.3. The molecule has 5 aromatic carbocycles. The van der Waals surface area contributed by atoms with Gasteiger partial charge in [0, 0.05) is 24.0 Å². The van der Waals surface area contributed by atoms with Gasteiger partial charge in [-0.25, -0.2) is 14.8 Å². The summed E-state index contributed by atoms with van der Waals surface area (Å²) in [5.41, 5.74) is 4.71. The largest absolute Gasteiger partial charge is 0.453 e. The number of imidazole rings is 2. The first-order valence-corrected chi connectivity index (χ1v) is 22.3. The van der Waals surface area contributed by atoms with Gasteiger partial charge in [-0.1, -0.05) is 86.6 Å². The number of aliphatic hydroxyl groups is 1. The third-order valence-electron chi connectivity index (χ3n) is 12.9. The van der Waals surface area contributed by atoms with Gasteiger partial charge in [-0.15, -0.1) is 0 Å². The van der Waals surface area contributed by atoms with E-state index in [0.717, 1.165) is 86.5 Å². The van der Waals surface area contributed by atoms with E-state index in [2.05, 4.69) is 81.3 Å². The van der Waals surface area contributed by atoms with Crippen LogP contribution >= 0.6 is 0 Å². The first kappa shape index (κ1) is 43.2. The van der Waals surface area contributed by atoms with Crippen molar-refractivity contribution in [3.63, 3.8) is 0 Å². The molecule has 14 heteroatoms. The van der Waals surface area contributed by atoms with Crippen molar-refractivity contribution in [2.24, 2.45) is 5.92 Å². The summed E-state index contributed by atoms with van der Waals surface area (Å²) < 4.78 is 4.80. The molecular formula is C51H54N8O6. The van der Waals surface area contributed by atoms with E-state index in [1.54, 1.807) is 17.0 Å². The van der Waals surface area contributed by atoms with Crippen molar-refractivity contribution >= 4 is 56.4 Å². The molecule has 2 aliphatic rings. The fourth-order valence-electron chi connectivity index (χ4n) is 9.32. The number of likely N-dealkylation sites (tertiary alicyclic amines) is 2. The summed E-state index contributed by atoms with van der Waals surface area (Å²) in [5, 5.41) is 20.1. The molecule has 0 spiro atoms. The van der Waals surface area contributed by atoms with E-state index in [-0.39, 0.29) is 29.8 Å². The number of benzene rings is 5. The molecule has 334 valence electrons. The SMILES string of the molecule is COC(=O)N[C@H](C(=O)N1CCCC1c1nc2c(ccc3cc(-c4ccc5cc(-c6cnc([C@@H]7CCCN7C(=O)[C@H](NC(=O)C(C)(C)O)c7ccccc7)[nH]6)ccc5c4)ccc32)[nH]1)C(C)C. The summed E-state index contributed by atoms with van der Waals surface area (Å²) in [6.45, 7) is 7.73. The van der Waals surface area contributed by atoms with Gasteiger partial charge in [0.15, 0.2) is 0 Å². The van der Waals surface area contributed by atoms with Gasteiger partial charge in [-0.2, -0.15) is 0 Å². The molecule has 2 aliphatic heterocycles. The summed E-state index contributed by atoms with van der Waals surface area (Å²) in [6, 6.07) is 30.2. The number of amides is 4. The van der Waals surface area contributed by atoms with Crippen molar-refractivity contribution in [3.05, 3.63) is 120 Å². The Kier molecular flexibility index (Phi) is 11.6. The molecule has 9 rings (SSSR count). The van der Waals surface area contributed by atoms with E-state index in [4.69, 9.17) is 14.7 Å². The number of carbonyl (C=O) groups is 4. The minimum Gasteiger partial charge on any atom is -0.453 e. The zero-order chi connectivity index (χ0) is 45.6. The fourth-order valence-corrected chi connectivity index (χ4v) is 9.32. The van der Waals surface area contributed by atoms with Crippen LogP contribution in [0.1, 0.15) is 88.7 Å². The van der Waals surface area contributed by atoms with Crippen LogP contribution in [0, 0.1) is 5.92 Å². The Morgan fingerprint density at radius 3 is 2.05 bits per heavy atom. The molecule has 2 aromatic heterocycles. The molecule has 0 radical (unpaired) electrons. The number of carbonyl (C=O) groups excluding carboxylic acids is 4. The fraction of sp³-hybridized carbons (Fsp3) is 0.333. The van der Waals surface area contributed by atoms with Gasteiger partial charge in [-0.3, -0.25) is 14.4 Å². The van der Waals surface area contributed by atoms with Gasteiger partial charge in [0.1, 0.15) is 29.3 Å². The van der Waals surface area contributed by atoms with Gasteiger partial charge >= 0.3 is 6.09 Å². The standard InChI is InChI=1S/C51H54N8O6/c1-29(2)42(57-50(63)65-5)47(60)59-24-10-14-41(59)46-53-38-22-20-35-26-34(19-21-37(35)44(38)55-46)31-15-16-33-27-36(18-17-32(33)25-31)39-28-52-45(54-39)40-13-9-23-58(40)48(61)43(30-11-7-6-8-12-30)56-49(62)51(3,4)64/h6-8,11-12,15-22,25-29,40-43,64H,9-10,13-14,23-24H2,1-5H3,(H,52,54)(H,53,55)(H,56,62)(H,57,63)/t40-,41?,42-,43+/m0/s1. The average Bonchev–Trinajstić information content (AvgIpc) is 4.15. The topological polar surface area (TPSA) is 186 Å². The smallest absolute Gasteiger partial charge is 0.407 e. The monoisotopic (exact) mass is 874 g/mol. The summed E-state index contributed by atoms with van der Waals surface area (Å²) >= 11 is 0. The number of H-pyrrole nitrogens is 2. The molecule has 4 heterocycles. The number of hydrogen-bond acceptors (Lipinski definition) is 8. The van der Waals surface area contributed by atoms with Crippen molar-refractivity contribution in [1.82, 2.24) is 40.4 Å². The second kappa shape index (κ2) is 17.5. The highest BCUT2D eigenvalue weighted by Crippen LogP contribution is 2.37. The van der Waals surface area contributed by atoms with Gasteiger partial charge in [0.2, 0.25) is 11.8 Å². The van der Waals surface area contributed by atoms with E-state index in [9.17, 15) is 24.3 Å². The zero-order valence-electron chi connectivity index (χ0n) is 37.2. The Morgan fingerprint density at radius 1 is 0.754 bits per heavy atom. The number of nitrogens with zero attached hydrogens (tertiary/aromatic N) is 4. The molecular weight excluding hydrogens is 821 g/mol. The number of hydrogen-bond donors (Lipinski definition) is 5. The Hall–Kier alpha value is -7.06. The molecule has 0 saturated carbocycles. The molecule has 7 aromatic rings. The van der Waals surface area contributed by atoms with E-state index in [0.29, 0.717) is 24.5 Å². The lowest BCUT2D eigenvalue weighted by Crippen LogP contribution is -2.51. The van der Waals surface area contributed by atoms with Crippen LogP contribution in [0.3, 0.4) is 0 Å². The maximum atomic E-state index is 14.2. The zero-order valence-corrected chi connectivity index (χ0v) is 37.2. The van der Waals surface area contributed by atoms with Crippen molar-refractivity contribution in [3.8, 4) is 22.4 Å². The van der Waals surface area contributed by atoms with Crippen LogP contribution < -0.4 is 10.6 Å². The summed E-state index contributed by atoms with van der Waals surface area (Å²) in [7, 11) is 1.29. The molecule has 2 saturated heterocycles. The predicted octanol–water partition coefficient (Wildman–Crippen LogP) is 8.26. The van der Waals surface area contributed by atoms with E-state index in [1.165, 1.54) is 21.0 Å². The molecule has 4 atom stereocenters. The van der Waals surface area contributed by atoms with Gasteiger partial charge in [0.05, 0.1) is 42.1 Å². The third-order valence-corrected chi connectivity index (χ3v) is 12.9. The molecule has 0 bridgehead atoms.